The molecule has 5 nitrogen and oxygen atoms in total. The van der Waals surface area contributed by atoms with Crippen molar-refractivity contribution in [2.45, 2.75) is 19.4 Å². The van der Waals surface area contributed by atoms with E-state index in [9.17, 15) is 9.59 Å². The average Bonchev–Trinajstić information content (AvgIpc) is 3.09. The lowest BCUT2D eigenvalue weighted by Crippen LogP contribution is -2.30. The number of thiophene rings is 1. The molecule has 6 heteroatoms. The highest BCUT2D eigenvalue weighted by molar-refractivity contribution is 7.10. The van der Waals surface area contributed by atoms with Crippen molar-refractivity contribution in [3.63, 3.8) is 0 Å². The molecular formula is C17H19NO4S. The third-order valence-corrected chi connectivity index (χ3v) is 4.21. The number of carbonyl (C=O) groups excluding carboxylic acids is 2. The molecule has 122 valence electrons. The summed E-state index contributed by atoms with van der Waals surface area (Å²) in [5, 5.41) is 4.79. The zero-order valence-electron chi connectivity index (χ0n) is 13.1. The Hall–Kier alpha value is -2.34. The van der Waals surface area contributed by atoms with Crippen molar-refractivity contribution in [1.82, 2.24) is 5.32 Å². The highest BCUT2D eigenvalue weighted by Gasteiger charge is 2.22. The Labute approximate surface area is 139 Å². The number of rotatable bonds is 7. The second-order valence-electron chi connectivity index (χ2n) is 4.75. The number of benzene rings is 1. The minimum atomic E-state index is -0.426. The molecular weight excluding hydrogens is 314 g/mol. The number of hydrogen-bond acceptors (Lipinski definition) is 5. The van der Waals surface area contributed by atoms with E-state index in [0.29, 0.717) is 17.9 Å². The molecule has 1 N–H and O–H groups in total. The van der Waals surface area contributed by atoms with Crippen LogP contribution in [-0.2, 0) is 9.53 Å². The van der Waals surface area contributed by atoms with Crippen LogP contribution in [0, 0.1) is 0 Å². The lowest BCUT2D eigenvalue weighted by molar-refractivity contribution is -0.141. The van der Waals surface area contributed by atoms with Gasteiger partial charge in [0.25, 0.3) is 5.91 Å². The van der Waals surface area contributed by atoms with E-state index >= 15 is 0 Å². The van der Waals surface area contributed by atoms with Crippen LogP contribution in [0.2, 0.25) is 0 Å². The van der Waals surface area contributed by atoms with E-state index in [0.717, 1.165) is 4.88 Å². The molecule has 0 saturated heterocycles. The molecule has 0 aliphatic heterocycles. The maximum atomic E-state index is 12.6. The van der Waals surface area contributed by atoms with E-state index in [1.165, 1.54) is 18.4 Å². The zero-order valence-corrected chi connectivity index (χ0v) is 13.9. The van der Waals surface area contributed by atoms with Gasteiger partial charge in [-0.2, -0.15) is 0 Å². The van der Waals surface area contributed by atoms with E-state index in [-0.39, 0.29) is 18.3 Å². The van der Waals surface area contributed by atoms with Crippen LogP contribution < -0.4 is 10.1 Å². The Morgan fingerprint density at radius 2 is 2.00 bits per heavy atom. The molecule has 1 aromatic carbocycles. The molecule has 0 unspecified atom stereocenters. The predicted octanol–water partition coefficient (Wildman–Crippen LogP) is 3.18. The Kier molecular flexibility index (Phi) is 6.17. The van der Waals surface area contributed by atoms with Crippen LogP contribution in [0.25, 0.3) is 0 Å². The molecule has 0 bridgehead atoms. The summed E-state index contributed by atoms with van der Waals surface area (Å²) >= 11 is 1.48. The summed E-state index contributed by atoms with van der Waals surface area (Å²) in [6.45, 7) is 2.33. The number of methoxy groups -OCH3 is 1. The molecule has 23 heavy (non-hydrogen) atoms. The first kappa shape index (κ1) is 17.0. The fourth-order valence-corrected chi connectivity index (χ4v) is 2.91. The van der Waals surface area contributed by atoms with Gasteiger partial charge in [-0.15, -0.1) is 11.3 Å². The Morgan fingerprint density at radius 3 is 2.65 bits per heavy atom. The average molecular weight is 333 g/mol. The monoisotopic (exact) mass is 333 g/mol. The second-order valence-corrected chi connectivity index (χ2v) is 5.73. The van der Waals surface area contributed by atoms with Crippen molar-refractivity contribution < 1.29 is 19.1 Å². The van der Waals surface area contributed by atoms with Crippen molar-refractivity contribution in [2.75, 3.05) is 13.7 Å². The van der Waals surface area contributed by atoms with Gasteiger partial charge in [0.15, 0.2) is 0 Å². The van der Waals surface area contributed by atoms with Gasteiger partial charge in [0.1, 0.15) is 5.75 Å². The van der Waals surface area contributed by atoms with Gasteiger partial charge in [-0.05, 0) is 30.5 Å². The predicted molar refractivity (Wildman–Crippen MR) is 88.8 cm³/mol. The summed E-state index contributed by atoms with van der Waals surface area (Å²) in [6, 6.07) is 10.4. The molecule has 0 spiro atoms. The summed E-state index contributed by atoms with van der Waals surface area (Å²) in [5.41, 5.74) is 0.445. The number of hydrogen-bond donors (Lipinski definition) is 1. The highest BCUT2D eigenvalue weighted by atomic mass is 32.1. The zero-order chi connectivity index (χ0) is 16.7. The Morgan fingerprint density at radius 1 is 1.22 bits per heavy atom. The first-order chi connectivity index (χ1) is 11.2. The van der Waals surface area contributed by atoms with Crippen molar-refractivity contribution >= 4 is 23.2 Å². The Balaban J connectivity index is 2.19. The molecule has 1 aromatic heterocycles. The minimum Gasteiger partial charge on any atom is -0.493 e. The van der Waals surface area contributed by atoms with E-state index in [4.69, 9.17) is 9.47 Å². The Bertz CT molecular complexity index is 654. The number of esters is 1. The number of nitrogens with one attached hydrogen (secondary N) is 1. The van der Waals surface area contributed by atoms with E-state index < -0.39 is 6.04 Å². The molecule has 0 aliphatic rings. The normalized spacial score (nSPS) is 11.6. The molecule has 2 aromatic rings. The number of para-hydroxylation sites is 1. The SMILES string of the molecule is CCOc1ccccc1C(=O)N[C@@H](CC(=O)OC)c1cccs1. The van der Waals surface area contributed by atoms with Gasteiger partial charge < -0.3 is 14.8 Å². The van der Waals surface area contributed by atoms with E-state index in [1.807, 2.05) is 30.5 Å². The van der Waals surface area contributed by atoms with Crippen LogP contribution in [0.1, 0.15) is 34.6 Å². The van der Waals surface area contributed by atoms with Gasteiger partial charge >= 0.3 is 5.97 Å². The van der Waals surface area contributed by atoms with Gasteiger partial charge in [0, 0.05) is 4.88 Å². The maximum Gasteiger partial charge on any atom is 0.307 e. The quantitative estimate of drug-likeness (QED) is 0.791. The molecule has 1 heterocycles. The van der Waals surface area contributed by atoms with Crippen LogP contribution >= 0.6 is 11.3 Å². The van der Waals surface area contributed by atoms with Gasteiger partial charge in [-0.3, -0.25) is 9.59 Å². The number of ether oxygens (including phenoxy) is 2. The van der Waals surface area contributed by atoms with Crippen LogP contribution in [0.3, 0.4) is 0 Å². The third-order valence-electron chi connectivity index (χ3n) is 3.22. The third kappa shape index (κ3) is 4.56. The van der Waals surface area contributed by atoms with E-state index in [2.05, 4.69) is 5.32 Å². The fraction of sp³-hybridized carbons (Fsp3) is 0.294. The second kappa shape index (κ2) is 8.33. The summed E-state index contributed by atoms with van der Waals surface area (Å²) in [5.74, 6) is -0.131. The van der Waals surface area contributed by atoms with Gasteiger partial charge in [0.2, 0.25) is 0 Å². The number of carbonyl (C=O) groups is 2. The lowest BCUT2D eigenvalue weighted by atomic mass is 10.1. The highest BCUT2D eigenvalue weighted by Crippen LogP contribution is 2.24. The topological polar surface area (TPSA) is 64.6 Å². The summed E-state index contributed by atoms with van der Waals surface area (Å²) in [4.78, 5) is 25.1. The summed E-state index contributed by atoms with van der Waals surface area (Å²) in [6.07, 6.45) is 0.0829. The van der Waals surface area contributed by atoms with Gasteiger partial charge in [0.05, 0.1) is 31.7 Å². The van der Waals surface area contributed by atoms with E-state index in [1.54, 1.807) is 18.2 Å². The molecule has 1 atom stereocenters. The summed E-state index contributed by atoms with van der Waals surface area (Å²) < 4.78 is 10.2. The lowest BCUT2D eigenvalue weighted by Gasteiger charge is -2.17. The standard InChI is InChI=1S/C17H19NO4S/c1-3-22-14-8-5-4-7-12(14)17(20)18-13(11-16(19)21-2)15-9-6-10-23-15/h4-10,13H,3,11H2,1-2H3,(H,18,20)/t13-/m0/s1. The van der Waals surface area contributed by atoms with Crippen molar-refractivity contribution in [2.24, 2.45) is 0 Å². The first-order valence-corrected chi connectivity index (χ1v) is 8.16. The summed E-state index contributed by atoms with van der Waals surface area (Å²) in [7, 11) is 1.33. The molecule has 0 aliphatic carbocycles. The molecule has 2 rings (SSSR count). The molecule has 0 fully saturated rings. The molecule has 0 radical (unpaired) electrons. The molecule has 1 amide bonds. The van der Waals surface area contributed by atoms with Crippen molar-refractivity contribution in [3.8, 4) is 5.75 Å². The van der Waals surface area contributed by atoms with Crippen LogP contribution in [-0.4, -0.2) is 25.6 Å². The minimum absolute atomic E-state index is 0.0829. The van der Waals surface area contributed by atoms with Crippen LogP contribution in [0.4, 0.5) is 0 Å². The number of amides is 1. The largest absolute Gasteiger partial charge is 0.493 e. The van der Waals surface area contributed by atoms with Crippen molar-refractivity contribution in [1.29, 1.82) is 0 Å². The smallest absolute Gasteiger partial charge is 0.307 e. The first-order valence-electron chi connectivity index (χ1n) is 7.28. The van der Waals surface area contributed by atoms with Crippen LogP contribution in [0.5, 0.6) is 5.75 Å². The van der Waals surface area contributed by atoms with Gasteiger partial charge in [-0.25, -0.2) is 0 Å². The fourth-order valence-electron chi connectivity index (χ4n) is 2.13. The van der Waals surface area contributed by atoms with Gasteiger partial charge in [-0.1, -0.05) is 18.2 Å². The molecule has 0 saturated carbocycles. The maximum absolute atomic E-state index is 12.6. The van der Waals surface area contributed by atoms with Crippen LogP contribution in [0.15, 0.2) is 41.8 Å². The van der Waals surface area contributed by atoms with Crippen molar-refractivity contribution in [3.05, 3.63) is 52.2 Å².